The number of aromatic nitrogens is 2. The lowest BCUT2D eigenvalue weighted by molar-refractivity contribution is -0.136. The molecule has 138 valence electrons. The number of aromatic amines is 1. The Kier molecular flexibility index (Phi) is 4.84. The van der Waals surface area contributed by atoms with Gasteiger partial charge in [-0.1, -0.05) is 23.2 Å². The van der Waals surface area contributed by atoms with E-state index in [0.717, 1.165) is 68.3 Å². The van der Waals surface area contributed by atoms with E-state index in [1.54, 1.807) is 0 Å². The Bertz CT molecular complexity index is 827. The molecule has 1 aliphatic carbocycles. The number of carbonyl (C=O) groups is 1. The molecule has 0 saturated carbocycles. The summed E-state index contributed by atoms with van der Waals surface area (Å²) >= 11 is 12.1. The molecule has 2 aromatic rings. The third-order valence-electron chi connectivity index (χ3n) is 5.37. The zero-order valence-electron chi connectivity index (χ0n) is 14.8. The van der Waals surface area contributed by atoms with E-state index in [1.807, 2.05) is 30.0 Å². The van der Waals surface area contributed by atoms with E-state index in [2.05, 4.69) is 14.9 Å². The minimum Gasteiger partial charge on any atom is -0.368 e. The van der Waals surface area contributed by atoms with Crippen LogP contribution in [0, 0.1) is 12.8 Å². The average Bonchev–Trinajstić information content (AvgIpc) is 3.02. The SMILES string of the molecule is Cc1nc2c([nH]1)CC(C(=O)N1CCN(c3ccc(Cl)c(Cl)c3)CC1)CC2. The van der Waals surface area contributed by atoms with Crippen LogP contribution in [-0.2, 0) is 17.6 Å². The molecule has 1 saturated heterocycles. The number of anilines is 1. The highest BCUT2D eigenvalue weighted by molar-refractivity contribution is 6.42. The van der Waals surface area contributed by atoms with Crippen LogP contribution in [-0.4, -0.2) is 47.0 Å². The van der Waals surface area contributed by atoms with Gasteiger partial charge in [-0.2, -0.15) is 0 Å². The van der Waals surface area contributed by atoms with E-state index in [4.69, 9.17) is 23.2 Å². The van der Waals surface area contributed by atoms with Gasteiger partial charge >= 0.3 is 0 Å². The number of carbonyl (C=O) groups excluding carboxylic acids is 1. The van der Waals surface area contributed by atoms with E-state index in [9.17, 15) is 4.79 Å². The van der Waals surface area contributed by atoms with Crippen molar-refractivity contribution in [1.29, 1.82) is 0 Å². The number of rotatable bonds is 2. The van der Waals surface area contributed by atoms with Crippen molar-refractivity contribution in [3.8, 4) is 0 Å². The predicted octanol–water partition coefficient (Wildman–Crippen LogP) is 3.48. The number of halogens is 2. The molecule has 26 heavy (non-hydrogen) atoms. The number of H-pyrrole nitrogens is 1. The highest BCUT2D eigenvalue weighted by atomic mass is 35.5. The molecule has 1 aliphatic heterocycles. The van der Waals surface area contributed by atoms with Crippen molar-refractivity contribution in [1.82, 2.24) is 14.9 Å². The largest absolute Gasteiger partial charge is 0.368 e. The third kappa shape index (κ3) is 3.42. The molecule has 1 N–H and O–H groups in total. The molecule has 0 radical (unpaired) electrons. The number of nitrogens with zero attached hydrogens (tertiary/aromatic N) is 3. The second kappa shape index (κ2) is 7.12. The topological polar surface area (TPSA) is 52.2 Å². The Morgan fingerprint density at radius 1 is 1.19 bits per heavy atom. The van der Waals surface area contributed by atoms with Crippen molar-refractivity contribution in [2.75, 3.05) is 31.1 Å². The molecule has 1 fully saturated rings. The summed E-state index contributed by atoms with van der Waals surface area (Å²) in [6, 6.07) is 5.70. The van der Waals surface area contributed by atoms with Gasteiger partial charge in [0.1, 0.15) is 5.82 Å². The fourth-order valence-corrected chi connectivity index (χ4v) is 4.25. The van der Waals surface area contributed by atoms with Crippen LogP contribution in [0.15, 0.2) is 18.2 Å². The second-order valence-electron chi connectivity index (χ2n) is 7.10. The first-order valence-corrected chi connectivity index (χ1v) is 9.80. The quantitative estimate of drug-likeness (QED) is 0.850. The third-order valence-corrected chi connectivity index (χ3v) is 6.11. The molecule has 0 bridgehead atoms. The number of amides is 1. The summed E-state index contributed by atoms with van der Waals surface area (Å²) in [5.41, 5.74) is 3.33. The fraction of sp³-hybridized carbons (Fsp3) is 0.474. The first-order valence-electron chi connectivity index (χ1n) is 9.04. The van der Waals surface area contributed by atoms with Crippen LogP contribution >= 0.6 is 23.2 Å². The van der Waals surface area contributed by atoms with Gasteiger partial charge in [0.05, 0.1) is 15.7 Å². The standard InChI is InChI=1S/C19H22Cl2N4O/c1-12-22-17-5-2-13(10-18(17)23-12)19(26)25-8-6-24(7-9-25)14-3-4-15(20)16(21)11-14/h3-4,11,13H,2,5-10H2,1H3,(H,22,23). The predicted molar refractivity (Wildman–Crippen MR) is 104 cm³/mol. The van der Waals surface area contributed by atoms with Gasteiger partial charge < -0.3 is 14.8 Å². The number of hydrogen-bond donors (Lipinski definition) is 1. The number of benzene rings is 1. The minimum atomic E-state index is 0.0684. The zero-order valence-corrected chi connectivity index (χ0v) is 16.3. The van der Waals surface area contributed by atoms with Gasteiger partial charge in [-0.05, 0) is 38.0 Å². The summed E-state index contributed by atoms with van der Waals surface area (Å²) in [6.07, 6.45) is 2.56. The lowest BCUT2D eigenvalue weighted by atomic mass is 9.88. The molecule has 1 aromatic heterocycles. The molecule has 1 aromatic carbocycles. The van der Waals surface area contributed by atoms with Gasteiger partial charge in [0.2, 0.25) is 5.91 Å². The molecule has 5 nitrogen and oxygen atoms in total. The molecular formula is C19H22Cl2N4O. The van der Waals surface area contributed by atoms with Crippen molar-refractivity contribution in [3.05, 3.63) is 45.5 Å². The van der Waals surface area contributed by atoms with Gasteiger partial charge in [0, 0.05) is 49.9 Å². The maximum absolute atomic E-state index is 12.9. The van der Waals surface area contributed by atoms with Gasteiger partial charge in [-0.3, -0.25) is 4.79 Å². The van der Waals surface area contributed by atoms with Gasteiger partial charge in [0.25, 0.3) is 0 Å². The van der Waals surface area contributed by atoms with Crippen LogP contribution in [0.2, 0.25) is 10.0 Å². The maximum Gasteiger partial charge on any atom is 0.226 e. The summed E-state index contributed by atoms with van der Waals surface area (Å²) in [5, 5.41) is 1.13. The molecular weight excluding hydrogens is 371 g/mol. The Hall–Kier alpha value is -1.72. The van der Waals surface area contributed by atoms with Gasteiger partial charge in [-0.25, -0.2) is 4.98 Å². The molecule has 7 heteroatoms. The Balaban J connectivity index is 1.37. The summed E-state index contributed by atoms with van der Waals surface area (Å²) < 4.78 is 0. The highest BCUT2D eigenvalue weighted by Gasteiger charge is 2.31. The molecule has 2 heterocycles. The van der Waals surface area contributed by atoms with Crippen LogP contribution in [0.1, 0.15) is 23.6 Å². The smallest absolute Gasteiger partial charge is 0.226 e. The maximum atomic E-state index is 12.9. The van der Waals surface area contributed by atoms with Crippen molar-refractivity contribution in [2.24, 2.45) is 5.92 Å². The van der Waals surface area contributed by atoms with Crippen molar-refractivity contribution >= 4 is 34.8 Å². The number of nitrogens with one attached hydrogen (secondary N) is 1. The number of hydrogen-bond acceptors (Lipinski definition) is 3. The van der Waals surface area contributed by atoms with Crippen molar-refractivity contribution in [2.45, 2.75) is 26.2 Å². The number of aryl methyl sites for hydroxylation is 2. The molecule has 1 atom stereocenters. The Labute approximate surface area is 163 Å². The van der Waals surface area contributed by atoms with Crippen LogP contribution in [0.25, 0.3) is 0 Å². The second-order valence-corrected chi connectivity index (χ2v) is 7.91. The van der Waals surface area contributed by atoms with Crippen LogP contribution in [0.3, 0.4) is 0 Å². The minimum absolute atomic E-state index is 0.0684. The normalized spacial score (nSPS) is 20.2. The number of imidazole rings is 1. The van der Waals surface area contributed by atoms with Crippen LogP contribution in [0.5, 0.6) is 0 Å². The number of piperazine rings is 1. The fourth-order valence-electron chi connectivity index (χ4n) is 3.96. The lowest BCUT2D eigenvalue weighted by Gasteiger charge is -2.38. The average molecular weight is 393 g/mol. The van der Waals surface area contributed by atoms with Gasteiger partial charge in [-0.15, -0.1) is 0 Å². The van der Waals surface area contributed by atoms with Crippen molar-refractivity contribution in [3.63, 3.8) is 0 Å². The van der Waals surface area contributed by atoms with E-state index >= 15 is 0 Å². The molecule has 0 spiro atoms. The monoisotopic (exact) mass is 392 g/mol. The van der Waals surface area contributed by atoms with Crippen LogP contribution in [0.4, 0.5) is 5.69 Å². The van der Waals surface area contributed by atoms with Crippen molar-refractivity contribution < 1.29 is 4.79 Å². The van der Waals surface area contributed by atoms with Gasteiger partial charge in [0.15, 0.2) is 0 Å². The Morgan fingerprint density at radius 3 is 2.69 bits per heavy atom. The van der Waals surface area contributed by atoms with E-state index < -0.39 is 0 Å². The molecule has 2 aliphatic rings. The molecule has 1 unspecified atom stereocenters. The summed E-state index contributed by atoms with van der Waals surface area (Å²) in [4.78, 5) is 25.0. The molecule has 1 amide bonds. The summed E-state index contributed by atoms with van der Waals surface area (Å²) in [5.74, 6) is 1.29. The Morgan fingerprint density at radius 2 is 1.96 bits per heavy atom. The molecule has 4 rings (SSSR count). The summed E-state index contributed by atoms with van der Waals surface area (Å²) in [6.45, 7) is 5.07. The van der Waals surface area contributed by atoms with E-state index in [-0.39, 0.29) is 11.8 Å². The number of fused-ring (bicyclic) bond motifs is 1. The van der Waals surface area contributed by atoms with Crippen LogP contribution < -0.4 is 4.90 Å². The van der Waals surface area contributed by atoms with E-state index in [0.29, 0.717) is 10.0 Å². The zero-order chi connectivity index (χ0) is 18.3. The first kappa shape index (κ1) is 17.7. The highest BCUT2D eigenvalue weighted by Crippen LogP contribution is 2.29. The lowest BCUT2D eigenvalue weighted by Crippen LogP contribution is -2.51. The summed E-state index contributed by atoms with van der Waals surface area (Å²) in [7, 11) is 0. The first-order chi connectivity index (χ1) is 12.5. The van der Waals surface area contributed by atoms with E-state index in [1.165, 1.54) is 0 Å².